The molecule has 4 heteroatoms. The zero-order valence-electron chi connectivity index (χ0n) is 14.6. The van der Waals surface area contributed by atoms with Crippen molar-refractivity contribution in [1.82, 2.24) is 10.2 Å². The molecule has 1 aromatic rings. The van der Waals surface area contributed by atoms with Gasteiger partial charge in [-0.25, -0.2) is 0 Å². The minimum atomic E-state index is -0.452. The lowest BCUT2D eigenvalue weighted by atomic mass is 10.0. The first-order chi connectivity index (χ1) is 11.2. The van der Waals surface area contributed by atoms with Crippen LogP contribution in [0.2, 0.25) is 0 Å². The number of hydrogen-bond acceptors (Lipinski definition) is 4. The maximum Gasteiger partial charge on any atom is 0.119 e. The van der Waals surface area contributed by atoms with Crippen LogP contribution in [-0.4, -0.2) is 48.8 Å². The number of aliphatic hydroxyl groups is 1. The third-order valence-electron chi connectivity index (χ3n) is 4.67. The van der Waals surface area contributed by atoms with Crippen molar-refractivity contribution in [2.24, 2.45) is 0 Å². The molecule has 23 heavy (non-hydrogen) atoms. The van der Waals surface area contributed by atoms with Crippen LogP contribution in [-0.2, 0) is 0 Å². The summed E-state index contributed by atoms with van der Waals surface area (Å²) in [5.74, 6) is 0.896. The highest BCUT2D eigenvalue weighted by molar-refractivity contribution is 5.29. The van der Waals surface area contributed by atoms with Crippen molar-refractivity contribution in [1.29, 1.82) is 0 Å². The van der Waals surface area contributed by atoms with Gasteiger partial charge < -0.3 is 15.2 Å². The number of hydrogen-bond donors (Lipinski definition) is 2. The number of ether oxygens (including phenoxy) is 1. The van der Waals surface area contributed by atoms with E-state index in [4.69, 9.17) is 4.74 Å². The Morgan fingerprint density at radius 1 is 1.13 bits per heavy atom. The molecule has 1 aliphatic heterocycles. The van der Waals surface area contributed by atoms with Crippen molar-refractivity contribution in [2.45, 2.75) is 51.7 Å². The smallest absolute Gasteiger partial charge is 0.119 e. The average Bonchev–Trinajstić information content (AvgIpc) is 2.61. The lowest BCUT2D eigenvalue weighted by Gasteiger charge is -2.35. The second-order valence-corrected chi connectivity index (χ2v) is 6.45. The van der Waals surface area contributed by atoms with Crippen LogP contribution in [0, 0.1) is 0 Å². The maximum atomic E-state index is 10.6. The molecule has 2 N–H and O–H groups in total. The summed E-state index contributed by atoms with van der Waals surface area (Å²) in [6.07, 6.45) is 4.41. The second-order valence-electron chi connectivity index (χ2n) is 6.45. The molecule has 2 unspecified atom stereocenters. The van der Waals surface area contributed by atoms with E-state index in [9.17, 15) is 5.11 Å². The third-order valence-corrected chi connectivity index (χ3v) is 4.67. The number of unbranched alkanes of at least 4 members (excludes halogenated alkanes) is 3. The van der Waals surface area contributed by atoms with Crippen molar-refractivity contribution in [3.05, 3.63) is 29.8 Å². The van der Waals surface area contributed by atoms with Crippen LogP contribution in [0.5, 0.6) is 5.75 Å². The van der Waals surface area contributed by atoms with E-state index in [1.54, 1.807) is 0 Å². The Balaban J connectivity index is 1.80. The van der Waals surface area contributed by atoms with Gasteiger partial charge in [-0.15, -0.1) is 0 Å². The topological polar surface area (TPSA) is 44.7 Å². The molecule has 2 rings (SSSR count). The molecule has 0 spiro atoms. The molecule has 0 radical (unpaired) electrons. The van der Waals surface area contributed by atoms with Crippen molar-refractivity contribution >= 4 is 0 Å². The zero-order valence-corrected chi connectivity index (χ0v) is 14.6. The molecule has 4 nitrogen and oxygen atoms in total. The van der Waals surface area contributed by atoms with Gasteiger partial charge in [-0.1, -0.05) is 38.3 Å². The molecule has 2 atom stereocenters. The van der Waals surface area contributed by atoms with Crippen LogP contribution in [0.15, 0.2) is 24.3 Å². The first kappa shape index (κ1) is 18.2. The summed E-state index contributed by atoms with van der Waals surface area (Å²) in [7, 11) is 0. The largest absolute Gasteiger partial charge is 0.494 e. The predicted molar refractivity (Wildman–Crippen MR) is 94.9 cm³/mol. The van der Waals surface area contributed by atoms with E-state index in [1.165, 1.54) is 19.3 Å². The summed E-state index contributed by atoms with van der Waals surface area (Å²) in [5.41, 5.74) is 0.967. The number of piperazine rings is 1. The van der Waals surface area contributed by atoms with E-state index < -0.39 is 6.10 Å². The number of nitrogens with zero attached hydrogens (tertiary/aromatic N) is 1. The lowest BCUT2D eigenvalue weighted by molar-refractivity contribution is 0.0510. The van der Waals surface area contributed by atoms with Crippen molar-refractivity contribution in [2.75, 3.05) is 32.8 Å². The van der Waals surface area contributed by atoms with E-state index in [1.807, 2.05) is 24.3 Å². The van der Waals surface area contributed by atoms with Crippen LogP contribution in [0.25, 0.3) is 0 Å². The summed E-state index contributed by atoms with van der Waals surface area (Å²) < 4.78 is 5.76. The Morgan fingerprint density at radius 3 is 2.48 bits per heavy atom. The van der Waals surface area contributed by atoms with E-state index in [0.717, 1.165) is 50.5 Å². The average molecular weight is 320 g/mol. The van der Waals surface area contributed by atoms with E-state index >= 15 is 0 Å². The van der Waals surface area contributed by atoms with Gasteiger partial charge in [-0.2, -0.15) is 0 Å². The molecule has 130 valence electrons. The Kier molecular flexibility index (Phi) is 7.86. The molecule has 0 aromatic heterocycles. The van der Waals surface area contributed by atoms with Gasteiger partial charge in [0.05, 0.1) is 12.7 Å². The molecule has 1 heterocycles. The highest BCUT2D eigenvalue weighted by Crippen LogP contribution is 2.23. The SMILES string of the molecule is CCCCCCOc1ccc(C(O)C(C)N2CCNCC2)cc1. The van der Waals surface area contributed by atoms with Crippen molar-refractivity contribution in [3.8, 4) is 5.75 Å². The molecule has 1 saturated heterocycles. The molecule has 0 aliphatic carbocycles. The summed E-state index contributed by atoms with van der Waals surface area (Å²) in [6.45, 7) is 9.09. The number of nitrogens with one attached hydrogen (secondary N) is 1. The summed E-state index contributed by atoms with van der Waals surface area (Å²) in [6, 6.07) is 8.07. The normalized spacial score (nSPS) is 18.6. The van der Waals surface area contributed by atoms with Gasteiger partial charge in [-0.05, 0) is 31.0 Å². The first-order valence-corrected chi connectivity index (χ1v) is 9.08. The zero-order chi connectivity index (χ0) is 16.5. The Labute approximate surface area is 140 Å². The Hall–Kier alpha value is -1.10. The molecule has 1 fully saturated rings. The second kappa shape index (κ2) is 9.91. The Bertz CT molecular complexity index is 430. The van der Waals surface area contributed by atoms with Crippen molar-refractivity contribution in [3.63, 3.8) is 0 Å². The molecule has 0 amide bonds. The highest BCUT2D eigenvalue weighted by atomic mass is 16.5. The standard InChI is InChI=1S/C19H32N2O2/c1-3-4-5-6-15-23-18-9-7-17(8-10-18)19(22)16(2)21-13-11-20-12-14-21/h7-10,16,19-20,22H,3-6,11-15H2,1-2H3. The predicted octanol–water partition coefficient (Wildman–Crippen LogP) is 2.97. The Morgan fingerprint density at radius 2 is 1.83 bits per heavy atom. The van der Waals surface area contributed by atoms with Crippen LogP contribution in [0.3, 0.4) is 0 Å². The maximum absolute atomic E-state index is 10.6. The van der Waals surface area contributed by atoms with Crippen LogP contribution in [0.4, 0.5) is 0 Å². The minimum Gasteiger partial charge on any atom is -0.494 e. The molecular weight excluding hydrogens is 288 g/mol. The van der Waals surface area contributed by atoms with Crippen LogP contribution in [0.1, 0.15) is 51.2 Å². The monoisotopic (exact) mass is 320 g/mol. The van der Waals surface area contributed by atoms with E-state index in [0.29, 0.717) is 0 Å². The number of rotatable bonds is 9. The molecule has 0 bridgehead atoms. The lowest BCUT2D eigenvalue weighted by Crippen LogP contribution is -2.49. The van der Waals surface area contributed by atoms with Crippen LogP contribution >= 0.6 is 0 Å². The van der Waals surface area contributed by atoms with Gasteiger partial charge in [0, 0.05) is 32.2 Å². The summed E-state index contributed by atoms with van der Waals surface area (Å²) in [5, 5.41) is 14.0. The van der Waals surface area contributed by atoms with Gasteiger partial charge in [0.2, 0.25) is 0 Å². The fraction of sp³-hybridized carbons (Fsp3) is 0.684. The van der Waals surface area contributed by atoms with Gasteiger partial charge in [-0.3, -0.25) is 4.90 Å². The third kappa shape index (κ3) is 5.79. The molecule has 1 aromatic carbocycles. The van der Waals surface area contributed by atoms with Gasteiger partial charge in [0.15, 0.2) is 0 Å². The number of aliphatic hydroxyl groups excluding tert-OH is 1. The first-order valence-electron chi connectivity index (χ1n) is 9.08. The molecular formula is C19H32N2O2. The van der Waals surface area contributed by atoms with E-state index in [2.05, 4.69) is 24.1 Å². The molecule has 1 aliphatic rings. The van der Waals surface area contributed by atoms with E-state index in [-0.39, 0.29) is 6.04 Å². The fourth-order valence-electron chi connectivity index (χ4n) is 3.05. The molecule has 0 saturated carbocycles. The summed E-state index contributed by atoms with van der Waals surface area (Å²) >= 11 is 0. The quantitative estimate of drug-likeness (QED) is 0.687. The highest BCUT2D eigenvalue weighted by Gasteiger charge is 2.24. The van der Waals surface area contributed by atoms with Crippen LogP contribution < -0.4 is 10.1 Å². The van der Waals surface area contributed by atoms with Gasteiger partial charge in [0.1, 0.15) is 5.75 Å². The van der Waals surface area contributed by atoms with Crippen molar-refractivity contribution < 1.29 is 9.84 Å². The summed E-state index contributed by atoms with van der Waals surface area (Å²) in [4.78, 5) is 2.35. The van der Waals surface area contributed by atoms with Gasteiger partial charge >= 0.3 is 0 Å². The number of benzene rings is 1. The fourth-order valence-corrected chi connectivity index (χ4v) is 3.05. The minimum absolute atomic E-state index is 0.137. The van der Waals surface area contributed by atoms with Gasteiger partial charge in [0.25, 0.3) is 0 Å².